The fraction of sp³-hybridized carbons (Fsp3) is 0.136. The molecule has 0 fully saturated rings. The Morgan fingerprint density at radius 2 is 1.94 bits per heavy atom. The van der Waals surface area contributed by atoms with Gasteiger partial charge in [0.1, 0.15) is 0 Å². The zero-order valence-corrected chi connectivity index (χ0v) is 18.1. The number of hydrogen-bond acceptors (Lipinski definition) is 6. The van der Waals surface area contributed by atoms with E-state index < -0.39 is 10.0 Å². The summed E-state index contributed by atoms with van der Waals surface area (Å²) in [5.74, 6) is 0.268. The van der Waals surface area contributed by atoms with Gasteiger partial charge in [0, 0.05) is 53.9 Å². The van der Waals surface area contributed by atoms with Crippen LogP contribution in [-0.2, 0) is 21.2 Å². The summed E-state index contributed by atoms with van der Waals surface area (Å²) in [5, 5.41) is 12.0. The first kappa shape index (κ1) is 21.5. The van der Waals surface area contributed by atoms with E-state index in [4.69, 9.17) is 5.14 Å². The van der Waals surface area contributed by atoms with Crippen LogP contribution in [0.3, 0.4) is 0 Å². The summed E-state index contributed by atoms with van der Waals surface area (Å²) in [6.07, 6.45) is 2.32. The normalized spacial score (nSPS) is 11.4. The van der Waals surface area contributed by atoms with E-state index in [9.17, 15) is 13.2 Å². The Labute approximate surface area is 185 Å². The number of nitrogens with two attached hydrogens (primary N) is 1. The summed E-state index contributed by atoms with van der Waals surface area (Å²) in [4.78, 5) is 23.3. The molecule has 0 aliphatic carbocycles. The zero-order valence-electron chi connectivity index (χ0n) is 17.3. The molecule has 1 amide bonds. The molecule has 0 radical (unpaired) electrons. The number of fused-ring (bicyclic) bond motifs is 1. The Kier molecular flexibility index (Phi) is 5.89. The SMILES string of the molecule is CC(=O)NCCc1cc2c(-c3ccnc(Nc4cccc(S(N)(=O)=O)c4)n3)cccc2[nH]1. The van der Waals surface area contributed by atoms with Crippen molar-refractivity contribution >= 4 is 38.5 Å². The smallest absolute Gasteiger partial charge is 0.238 e. The van der Waals surface area contributed by atoms with Crippen LogP contribution in [0.1, 0.15) is 12.6 Å². The minimum Gasteiger partial charge on any atom is -0.358 e. The summed E-state index contributed by atoms with van der Waals surface area (Å²) in [6.45, 7) is 2.05. The van der Waals surface area contributed by atoms with Crippen molar-refractivity contribution in [2.45, 2.75) is 18.2 Å². The van der Waals surface area contributed by atoms with Crippen molar-refractivity contribution in [3.8, 4) is 11.3 Å². The number of nitrogens with zero attached hydrogens (tertiary/aromatic N) is 2. The zero-order chi connectivity index (χ0) is 22.7. The van der Waals surface area contributed by atoms with Crippen LogP contribution in [-0.4, -0.2) is 35.8 Å². The van der Waals surface area contributed by atoms with Crippen LogP contribution in [0.15, 0.2) is 65.7 Å². The summed E-state index contributed by atoms with van der Waals surface area (Å²) < 4.78 is 23.2. The highest BCUT2D eigenvalue weighted by molar-refractivity contribution is 7.89. The maximum Gasteiger partial charge on any atom is 0.238 e. The minimum atomic E-state index is -3.81. The van der Waals surface area contributed by atoms with Crippen molar-refractivity contribution in [1.29, 1.82) is 0 Å². The lowest BCUT2D eigenvalue weighted by atomic mass is 10.1. The first-order chi connectivity index (χ1) is 15.3. The van der Waals surface area contributed by atoms with E-state index in [-0.39, 0.29) is 10.8 Å². The molecule has 0 saturated carbocycles. The van der Waals surface area contributed by atoms with Gasteiger partial charge in [0.05, 0.1) is 10.6 Å². The number of rotatable bonds is 7. The molecule has 5 N–H and O–H groups in total. The van der Waals surface area contributed by atoms with Gasteiger partial charge in [-0.1, -0.05) is 18.2 Å². The van der Waals surface area contributed by atoms with Crippen molar-refractivity contribution in [2.75, 3.05) is 11.9 Å². The van der Waals surface area contributed by atoms with E-state index in [2.05, 4.69) is 31.7 Å². The van der Waals surface area contributed by atoms with Crippen molar-refractivity contribution in [3.05, 3.63) is 66.5 Å². The first-order valence-electron chi connectivity index (χ1n) is 9.88. The molecule has 0 saturated heterocycles. The second-order valence-corrected chi connectivity index (χ2v) is 8.82. The number of benzene rings is 2. The van der Waals surface area contributed by atoms with E-state index in [1.165, 1.54) is 19.1 Å². The van der Waals surface area contributed by atoms with Gasteiger partial charge in [-0.25, -0.2) is 23.5 Å². The summed E-state index contributed by atoms with van der Waals surface area (Å²) in [7, 11) is -3.81. The molecule has 2 aromatic heterocycles. The Balaban J connectivity index is 1.62. The number of H-pyrrole nitrogens is 1. The number of amides is 1. The number of anilines is 2. The van der Waals surface area contributed by atoms with Crippen LogP contribution in [0.2, 0.25) is 0 Å². The van der Waals surface area contributed by atoms with E-state index in [0.29, 0.717) is 30.3 Å². The molecule has 0 aliphatic rings. The number of primary sulfonamides is 1. The monoisotopic (exact) mass is 450 g/mol. The van der Waals surface area contributed by atoms with E-state index in [0.717, 1.165) is 22.2 Å². The van der Waals surface area contributed by atoms with Gasteiger partial charge >= 0.3 is 0 Å². The number of nitrogens with one attached hydrogen (secondary N) is 3. The van der Waals surface area contributed by atoms with Crippen LogP contribution in [0.25, 0.3) is 22.2 Å². The largest absolute Gasteiger partial charge is 0.358 e. The van der Waals surface area contributed by atoms with Crippen LogP contribution in [0, 0.1) is 0 Å². The average molecular weight is 451 g/mol. The predicted octanol–water partition coefficient (Wildman–Crippen LogP) is 2.69. The molecule has 2 heterocycles. The van der Waals surface area contributed by atoms with Crippen LogP contribution in [0.4, 0.5) is 11.6 Å². The summed E-state index contributed by atoms with van der Waals surface area (Å²) in [6, 6.07) is 15.9. The molecule has 0 aliphatic heterocycles. The third-order valence-electron chi connectivity index (χ3n) is 4.84. The van der Waals surface area contributed by atoms with E-state index in [1.807, 2.05) is 24.3 Å². The molecular formula is C22H22N6O3S. The number of hydrogen-bond donors (Lipinski definition) is 4. The number of sulfonamides is 1. The number of aromatic amines is 1. The molecule has 10 heteroatoms. The van der Waals surface area contributed by atoms with Crippen molar-refractivity contribution in [2.24, 2.45) is 5.14 Å². The van der Waals surface area contributed by atoms with Gasteiger partial charge in [-0.15, -0.1) is 0 Å². The second-order valence-electron chi connectivity index (χ2n) is 7.26. The molecular weight excluding hydrogens is 428 g/mol. The summed E-state index contributed by atoms with van der Waals surface area (Å²) >= 11 is 0. The van der Waals surface area contributed by atoms with Crippen molar-refractivity contribution in [1.82, 2.24) is 20.3 Å². The van der Waals surface area contributed by atoms with Gasteiger partial charge in [-0.2, -0.15) is 0 Å². The van der Waals surface area contributed by atoms with Gasteiger partial charge in [0.2, 0.25) is 21.9 Å². The molecule has 0 bridgehead atoms. The second kappa shape index (κ2) is 8.77. The summed E-state index contributed by atoms with van der Waals surface area (Å²) in [5.41, 5.74) is 4.12. The topological polar surface area (TPSA) is 143 Å². The first-order valence-corrected chi connectivity index (χ1v) is 11.4. The molecule has 2 aromatic carbocycles. The van der Waals surface area contributed by atoms with Gasteiger partial charge in [-0.05, 0) is 36.4 Å². The fourth-order valence-corrected chi connectivity index (χ4v) is 3.95. The molecule has 0 spiro atoms. The molecule has 4 aromatic rings. The molecule has 4 rings (SSSR count). The Bertz CT molecular complexity index is 1400. The number of carbonyl (C=O) groups is 1. The number of carbonyl (C=O) groups excluding carboxylic acids is 1. The quantitative estimate of drug-likeness (QED) is 0.341. The molecule has 0 atom stereocenters. The lowest BCUT2D eigenvalue weighted by Crippen LogP contribution is -2.22. The van der Waals surface area contributed by atoms with Crippen molar-refractivity contribution < 1.29 is 13.2 Å². The highest BCUT2D eigenvalue weighted by Gasteiger charge is 2.11. The van der Waals surface area contributed by atoms with Crippen molar-refractivity contribution in [3.63, 3.8) is 0 Å². The Hall–Kier alpha value is -3.76. The fourth-order valence-electron chi connectivity index (χ4n) is 3.39. The highest BCUT2D eigenvalue weighted by Crippen LogP contribution is 2.29. The van der Waals surface area contributed by atoms with Crippen LogP contribution < -0.4 is 15.8 Å². The maximum absolute atomic E-state index is 11.6. The third-order valence-corrected chi connectivity index (χ3v) is 5.75. The Morgan fingerprint density at radius 1 is 1.12 bits per heavy atom. The van der Waals surface area contributed by atoms with E-state index >= 15 is 0 Å². The van der Waals surface area contributed by atoms with Gasteiger partial charge in [0.25, 0.3) is 0 Å². The lowest BCUT2D eigenvalue weighted by molar-refractivity contribution is -0.118. The van der Waals surface area contributed by atoms with Crippen LogP contribution in [0.5, 0.6) is 0 Å². The van der Waals surface area contributed by atoms with E-state index in [1.54, 1.807) is 18.3 Å². The highest BCUT2D eigenvalue weighted by atomic mass is 32.2. The number of aromatic nitrogens is 3. The third kappa shape index (κ3) is 4.93. The molecule has 164 valence electrons. The lowest BCUT2D eigenvalue weighted by Gasteiger charge is -2.08. The molecule has 0 unspecified atom stereocenters. The van der Waals surface area contributed by atoms with Gasteiger partial charge in [-0.3, -0.25) is 4.79 Å². The Morgan fingerprint density at radius 3 is 2.72 bits per heavy atom. The van der Waals surface area contributed by atoms with Gasteiger partial charge < -0.3 is 15.6 Å². The molecule has 9 nitrogen and oxygen atoms in total. The molecule has 32 heavy (non-hydrogen) atoms. The standard InChI is InChI=1S/C22H22N6O3S/c1-14(29)24-10-8-16-13-19-18(6-3-7-20(19)26-16)21-9-11-25-22(28-21)27-15-4-2-5-17(12-15)32(23,30)31/h2-7,9,11-13,26H,8,10H2,1H3,(H,24,29)(H2,23,30,31)(H,25,27,28). The predicted molar refractivity (Wildman–Crippen MR) is 123 cm³/mol. The van der Waals surface area contributed by atoms with Crippen LogP contribution >= 0.6 is 0 Å². The maximum atomic E-state index is 11.6. The van der Waals surface area contributed by atoms with Gasteiger partial charge in [0.15, 0.2) is 0 Å². The minimum absolute atomic E-state index is 0.00235. The average Bonchev–Trinajstić information content (AvgIpc) is 3.16.